The van der Waals surface area contributed by atoms with E-state index in [0.29, 0.717) is 40.7 Å². The largest absolute Gasteiger partial charge is 0.442 e. The van der Waals surface area contributed by atoms with Crippen molar-refractivity contribution in [1.82, 2.24) is 10.2 Å². The van der Waals surface area contributed by atoms with E-state index in [1.54, 1.807) is 17.1 Å². The Hall–Kier alpha value is -2.71. The zero-order valence-corrected chi connectivity index (χ0v) is 19.9. The van der Waals surface area contributed by atoms with Crippen LogP contribution >= 0.6 is 23.8 Å². The summed E-state index contributed by atoms with van der Waals surface area (Å²) in [4.78, 5) is 29.1. The van der Waals surface area contributed by atoms with Crippen molar-refractivity contribution in [3.63, 3.8) is 0 Å². The predicted molar refractivity (Wildman–Crippen MR) is 133 cm³/mol. The van der Waals surface area contributed by atoms with Crippen LogP contribution in [0.15, 0.2) is 47.0 Å². The van der Waals surface area contributed by atoms with Gasteiger partial charge in [-0.1, -0.05) is 42.0 Å². The zero-order valence-electron chi connectivity index (χ0n) is 18.3. The summed E-state index contributed by atoms with van der Waals surface area (Å²) in [7, 11) is 0. The van der Waals surface area contributed by atoms with Crippen LogP contribution in [0.3, 0.4) is 0 Å². The van der Waals surface area contributed by atoms with Gasteiger partial charge in [0.15, 0.2) is 0 Å². The third kappa shape index (κ3) is 5.81. The second kappa shape index (κ2) is 10.5. The van der Waals surface area contributed by atoms with E-state index in [1.165, 1.54) is 6.42 Å². The first kappa shape index (κ1) is 23.4. The molecule has 4 rings (SSSR count). The maximum Gasteiger partial charge on any atom is 0.414 e. The smallest absolute Gasteiger partial charge is 0.414 e. The summed E-state index contributed by atoms with van der Waals surface area (Å²) in [5.74, 6) is 0.324. The molecule has 2 amide bonds. The average molecular weight is 487 g/mol. The van der Waals surface area contributed by atoms with E-state index in [9.17, 15) is 9.59 Å². The third-order valence-corrected chi connectivity index (χ3v) is 6.68. The highest BCUT2D eigenvalue weighted by molar-refractivity contribution is 7.81. The molecular weight excluding hydrogens is 460 g/mol. The summed E-state index contributed by atoms with van der Waals surface area (Å²) in [6, 6.07) is 7.65. The molecule has 0 aromatic heterocycles. The van der Waals surface area contributed by atoms with Gasteiger partial charge in [-0.25, -0.2) is 4.79 Å². The second-order valence-electron chi connectivity index (χ2n) is 8.44. The van der Waals surface area contributed by atoms with Gasteiger partial charge in [-0.2, -0.15) is 0 Å². The first-order valence-electron chi connectivity index (χ1n) is 11.2. The van der Waals surface area contributed by atoms with E-state index in [1.807, 2.05) is 24.3 Å². The van der Waals surface area contributed by atoms with Crippen molar-refractivity contribution in [1.29, 1.82) is 5.41 Å². The van der Waals surface area contributed by atoms with Gasteiger partial charge in [-0.3, -0.25) is 15.1 Å². The molecule has 7 nitrogen and oxygen atoms in total. The van der Waals surface area contributed by atoms with Crippen molar-refractivity contribution >= 4 is 52.2 Å². The number of thiocarbonyl (C=S) groups is 1. The lowest BCUT2D eigenvalue weighted by Crippen LogP contribution is -2.36. The summed E-state index contributed by atoms with van der Waals surface area (Å²) >= 11 is 11.2. The highest BCUT2D eigenvalue weighted by Crippen LogP contribution is 2.23. The fourth-order valence-electron chi connectivity index (χ4n) is 4.17. The zero-order chi connectivity index (χ0) is 23.4. The molecule has 2 N–H and O–H groups in total. The van der Waals surface area contributed by atoms with Crippen LogP contribution in [-0.2, 0) is 16.0 Å². The summed E-state index contributed by atoms with van der Waals surface area (Å²) in [5.41, 5.74) is 2.15. The Kier molecular flexibility index (Phi) is 7.45. The van der Waals surface area contributed by atoms with Crippen molar-refractivity contribution in [3.05, 3.63) is 52.6 Å². The Morgan fingerprint density at radius 2 is 1.94 bits per heavy atom. The quantitative estimate of drug-likeness (QED) is 0.361. The van der Waals surface area contributed by atoms with Gasteiger partial charge < -0.3 is 15.0 Å². The Balaban J connectivity index is 1.30. The number of likely N-dealkylation sites (tertiary alicyclic amines) is 1. The van der Waals surface area contributed by atoms with Crippen LogP contribution in [0.25, 0.3) is 0 Å². The number of piperidine rings is 1. The highest BCUT2D eigenvalue weighted by Gasteiger charge is 2.33. The molecule has 1 atom stereocenters. The second-order valence-corrected chi connectivity index (χ2v) is 9.37. The molecule has 2 saturated heterocycles. The molecule has 1 aromatic rings. The average Bonchev–Trinajstić information content (AvgIpc) is 3.20. The number of cyclic esters (lactones) is 1. The molecule has 0 radical (unpaired) electrons. The molecule has 0 bridgehead atoms. The number of hydrogen-bond acceptors (Lipinski definition) is 5. The van der Waals surface area contributed by atoms with Gasteiger partial charge in [0, 0.05) is 41.5 Å². The molecule has 0 saturated carbocycles. The molecule has 174 valence electrons. The molecule has 2 aliphatic heterocycles. The van der Waals surface area contributed by atoms with Crippen LogP contribution in [0.5, 0.6) is 0 Å². The van der Waals surface area contributed by atoms with Crippen molar-refractivity contribution in [2.75, 3.05) is 31.1 Å². The van der Waals surface area contributed by atoms with Crippen LogP contribution in [0.1, 0.15) is 31.2 Å². The van der Waals surface area contributed by atoms with Crippen LogP contribution in [0, 0.1) is 5.41 Å². The van der Waals surface area contributed by atoms with Gasteiger partial charge >= 0.3 is 6.09 Å². The summed E-state index contributed by atoms with van der Waals surface area (Å²) < 4.78 is 5.43. The lowest BCUT2D eigenvalue weighted by molar-refractivity contribution is -0.117. The maximum atomic E-state index is 12.5. The minimum atomic E-state index is -0.461. The van der Waals surface area contributed by atoms with E-state index in [4.69, 9.17) is 34.0 Å². The van der Waals surface area contributed by atoms with E-state index in [-0.39, 0.29) is 12.5 Å². The number of nitrogens with zero attached hydrogens (tertiary/aromatic N) is 2. The number of carbonyl (C=O) groups excluding carboxylic acids is 2. The van der Waals surface area contributed by atoms with Gasteiger partial charge in [0.05, 0.1) is 18.7 Å². The number of amides is 2. The van der Waals surface area contributed by atoms with Gasteiger partial charge in [-0.05, 0) is 43.0 Å². The molecule has 3 aliphatic rings. The molecule has 1 unspecified atom stereocenters. The lowest BCUT2D eigenvalue weighted by atomic mass is 10.0. The summed E-state index contributed by atoms with van der Waals surface area (Å²) in [5, 5.41) is 11.6. The first-order chi connectivity index (χ1) is 15.9. The van der Waals surface area contributed by atoms with E-state index >= 15 is 0 Å². The molecule has 1 aromatic carbocycles. The van der Waals surface area contributed by atoms with Crippen LogP contribution in [-0.4, -0.2) is 59.9 Å². The van der Waals surface area contributed by atoms with Crippen molar-refractivity contribution in [2.45, 2.75) is 38.2 Å². The minimum absolute atomic E-state index is 0.188. The Labute approximate surface area is 203 Å². The molecule has 1 aliphatic carbocycles. The minimum Gasteiger partial charge on any atom is -0.442 e. The third-order valence-electron chi connectivity index (χ3n) is 6.03. The summed E-state index contributed by atoms with van der Waals surface area (Å²) in [6.07, 6.45) is 7.00. The Morgan fingerprint density at radius 3 is 2.67 bits per heavy atom. The fourth-order valence-corrected chi connectivity index (χ4v) is 4.59. The van der Waals surface area contributed by atoms with Crippen molar-refractivity contribution in [2.24, 2.45) is 0 Å². The van der Waals surface area contributed by atoms with Gasteiger partial charge in [0.2, 0.25) is 0 Å². The van der Waals surface area contributed by atoms with Crippen LogP contribution < -0.4 is 10.2 Å². The standard InChI is InChI=1S/C24H27ClN4O3S/c25-17-6-9-21(33)20(13-17)23(30)27-14-19-15-29(24(31)32-19)18-7-4-16(5-8-18)12-22(26)28-10-2-1-3-11-28/h4-8,13,19,26H,1-3,9-12,14-15H2,(H,27,30). The SMILES string of the molecule is N=C(Cc1ccc(N2CC(CNC(=O)C3=CC(Cl)=CCC3=S)OC2=O)cc1)N1CCCCC1. The van der Waals surface area contributed by atoms with Crippen LogP contribution in [0.2, 0.25) is 0 Å². The maximum absolute atomic E-state index is 12.5. The number of amidine groups is 1. The van der Waals surface area contributed by atoms with Gasteiger partial charge in [0.1, 0.15) is 11.9 Å². The molecular formula is C24H27ClN4O3S. The number of benzene rings is 1. The van der Waals surface area contributed by atoms with Gasteiger partial charge in [0.25, 0.3) is 5.91 Å². The molecule has 2 fully saturated rings. The lowest BCUT2D eigenvalue weighted by Gasteiger charge is -2.29. The molecule has 9 heteroatoms. The number of anilines is 1. The number of halogens is 1. The number of hydrogen-bond donors (Lipinski definition) is 2. The first-order valence-corrected chi connectivity index (χ1v) is 12.0. The molecule has 2 heterocycles. The number of carbonyl (C=O) groups is 2. The fraction of sp³-hybridized carbons (Fsp3) is 0.417. The topological polar surface area (TPSA) is 85.7 Å². The number of nitrogens with one attached hydrogen (secondary N) is 2. The normalized spacial score (nSPS) is 20.8. The number of allylic oxidation sites excluding steroid dienone is 3. The monoisotopic (exact) mass is 486 g/mol. The van der Waals surface area contributed by atoms with E-state index < -0.39 is 12.2 Å². The Bertz CT molecular complexity index is 1020. The Morgan fingerprint density at radius 1 is 1.21 bits per heavy atom. The molecule has 33 heavy (non-hydrogen) atoms. The van der Waals surface area contributed by atoms with Gasteiger partial charge in [-0.15, -0.1) is 0 Å². The summed E-state index contributed by atoms with van der Waals surface area (Å²) in [6.45, 7) is 2.45. The molecule has 0 spiro atoms. The van der Waals surface area contributed by atoms with Crippen molar-refractivity contribution < 1.29 is 14.3 Å². The van der Waals surface area contributed by atoms with Crippen molar-refractivity contribution in [3.8, 4) is 0 Å². The van der Waals surface area contributed by atoms with E-state index in [2.05, 4.69) is 10.2 Å². The van der Waals surface area contributed by atoms with Crippen LogP contribution in [0.4, 0.5) is 10.5 Å². The number of ether oxygens (including phenoxy) is 1. The predicted octanol–water partition coefficient (Wildman–Crippen LogP) is 3.96. The highest BCUT2D eigenvalue weighted by atomic mass is 35.5. The van der Waals surface area contributed by atoms with E-state index in [0.717, 1.165) is 37.2 Å². The number of rotatable bonds is 6.